The van der Waals surface area contributed by atoms with Gasteiger partial charge in [-0.2, -0.15) is 0 Å². The molecule has 1 heterocycles. The van der Waals surface area contributed by atoms with Crippen LogP contribution in [-0.2, 0) is 0 Å². The number of likely N-dealkylation sites (N-methyl/N-ethyl adjacent to an activating group) is 1. The van der Waals surface area contributed by atoms with E-state index in [1.54, 1.807) is 0 Å². The van der Waals surface area contributed by atoms with Gasteiger partial charge in [-0.25, -0.2) is 0 Å². The first-order valence-corrected chi connectivity index (χ1v) is 9.32. The van der Waals surface area contributed by atoms with Crippen LogP contribution < -0.4 is 4.74 Å². The second-order valence-electron chi connectivity index (χ2n) is 6.57. The molecule has 1 amide bonds. The molecular formula is C20H23BrN2O2. The molecule has 25 heavy (non-hydrogen) atoms. The predicted molar refractivity (Wildman–Crippen MR) is 103 cm³/mol. The van der Waals surface area contributed by atoms with Crippen LogP contribution in [0.25, 0.3) is 0 Å². The Balaban J connectivity index is 1.81. The van der Waals surface area contributed by atoms with Crippen molar-refractivity contribution in [2.24, 2.45) is 0 Å². The Morgan fingerprint density at radius 2 is 2.00 bits per heavy atom. The van der Waals surface area contributed by atoms with Gasteiger partial charge in [-0.1, -0.05) is 34.1 Å². The molecule has 1 aliphatic rings. The highest BCUT2D eigenvalue weighted by Gasteiger charge is 2.27. The number of piperidine rings is 1. The summed E-state index contributed by atoms with van der Waals surface area (Å²) in [4.78, 5) is 17.2. The second kappa shape index (κ2) is 8.02. The lowest BCUT2D eigenvalue weighted by molar-refractivity contribution is 0.0632. The van der Waals surface area contributed by atoms with Gasteiger partial charge in [-0.05, 0) is 57.3 Å². The maximum Gasteiger partial charge on any atom is 0.257 e. The van der Waals surface area contributed by atoms with Crippen LogP contribution in [0.3, 0.4) is 0 Å². The maximum atomic E-state index is 13.1. The molecule has 2 aromatic rings. The Hall–Kier alpha value is -1.85. The molecule has 132 valence electrons. The number of likely N-dealkylation sites (tertiary alicyclic amines) is 1. The summed E-state index contributed by atoms with van der Waals surface area (Å²) in [6.45, 7) is 1.56. The Morgan fingerprint density at radius 3 is 2.76 bits per heavy atom. The van der Waals surface area contributed by atoms with Crippen LogP contribution in [0.4, 0.5) is 0 Å². The number of hydrogen-bond donors (Lipinski definition) is 0. The molecule has 0 aliphatic carbocycles. The highest BCUT2D eigenvalue weighted by molar-refractivity contribution is 9.10. The summed E-state index contributed by atoms with van der Waals surface area (Å²) in [5, 5.41) is 0. The lowest BCUT2D eigenvalue weighted by Gasteiger charge is -2.36. The number of hydrogen-bond acceptors (Lipinski definition) is 3. The van der Waals surface area contributed by atoms with Crippen LogP contribution in [-0.4, -0.2) is 48.9 Å². The molecule has 1 fully saturated rings. The van der Waals surface area contributed by atoms with E-state index in [-0.39, 0.29) is 5.91 Å². The molecule has 0 spiro atoms. The number of benzene rings is 2. The third-order valence-electron chi connectivity index (χ3n) is 4.56. The van der Waals surface area contributed by atoms with Gasteiger partial charge >= 0.3 is 0 Å². The smallest absolute Gasteiger partial charge is 0.257 e. The number of halogens is 1. The summed E-state index contributed by atoms with van der Waals surface area (Å²) in [7, 11) is 4.14. The van der Waals surface area contributed by atoms with Gasteiger partial charge in [0.2, 0.25) is 0 Å². The SMILES string of the molecule is CN(C)C1CCCN(C(=O)c2ccccc2Oc2cccc(Br)c2)C1. The van der Waals surface area contributed by atoms with E-state index >= 15 is 0 Å². The minimum atomic E-state index is 0.0390. The van der Waals surface area contributed by atoms with E-state index in [4.69, 9.17) is 4.74 Å². The van der Waals surface area contributed by atoms with Crippen LogP contribution in [0.5, 0.6) is 11.5 Å². The average Bonchev–Trinajstić information content (AvgIpc) is 2.62. The topological polar surface area (TPSA) is 32.8 Å². The molecule has 0 saturated carbocycles. The Bertz CT molecular complexity index is 748. The number of nitrogens with zero attached hydrogens (tertiary/aromatic N) is 2. The highest BCUT2D eigenvalue weighted by Crippen LogP contribution is 2.29. The lowest BCUT2D eigenvalue weighted by atomic mass is 10.0. The molecule has 0 radical (unpaired) electrons. The highest BCUT2D eigenvalue weighted by atomic mass is 79.9. The number of rotatable bonds is 4. The van der Waals surface area contributed by atoms with Gasteiger partial charge in [-0.15, -0.1) is 0 Å². The summed E-state index contributed by atoms with van der Waals surface area (Å²) in [5.74, 6) is 1.34. The zero-order valence-electron chi connectivity index (χ0n) is 14.6. The maximum absolute atomic E-state index is 13.1. The number of amides is 1. The molecule has 0 aromatic heterocycles. The average molecular weight is 403 g/mol. The molecular weight excluding hydrogens is 380 g/mol. The van der Waals surface area contributed by atoms with Crippen molar-refractivity contribution in [1.82, 2.24) is 9.80 Å². The van der Waals surface area contributed by atoms with Crippen molar-refractivity contribution in [3.8, 4) is 11.5 Å². The van der Waals surface area contributed by atoms with E-state index < -0.39 is 0 Å². The molecule has 1 saturated heterocycles. The van der Waals surface area contributed by atoms with Crippen molar-refractivity contribution in [1.29, 1.82) is 0 Å². The molecule has 1 atom stereocenters. The first-order valence-electron chi connectivity index (χ1n) is 8.53. The number of ether oxygens (including phenoxy) is 1. The molecule has 4 nitrogen and oxygen atoms in total. The normalized spacial score (nSPS) is 17.6. The first-order chi connectivity index (χ1) is 12.0. The molecule has 3 rings (SSSR count). The predicted octanol–water partition coefficient (Wildman–Crippen LogP) is 4.41. The zero-order chi connectivity index (χ0) is 17.8. The van der Waals surface area contributed by atoms with Crippen LogP contribution >= 0.6 is 15.9 Å². The van der Waals surface area contributed by atoms with E-state index in [0.717, 1.165) is 30.4 Å². The van der Waals surface area contributed by atoms with Gasteiger partial charge in [0.1, 0.15) is 11.5 Å². The van der Waals surface area contributed by atoms with Crippen LogP contribution in [0.2, 0.25) is 0 Å². The van der Waals surface area contributed by atoms with Crippen molar-refractivity contribution < 1.29 is 9.53 Å². The monoisotopic (exact) mass is 402 g/mol. The Labute approximate surface area is 157 Å². The van der Waals surface area contributed by atoms with Crippen LogP contribution in [0, 0.1) is 0 Å². The quantitative estimate of drug-likeness (QED) is 0.759. The fourth-order valence-corrected chi connectivity index (χ4v) is 3.50. The lowest BCUT2D eigenvalue weighted by Crippen LogP contribution is -2.47. The van der Waals surface area contributed by atoms with Crippen molar-refractivity contribution >= 4 is 21.8 Å². The minimum Gasteiger partial charge on any atom is -0.456 e. The first kappa shape index (κ1) is 18.0. The van der Waals surface area contributed by atoms with E-state index in [9.17, 15) is 4.79 Å². The van der Waals surface area contributed by atoms with Crippen LogP contribution in [0.1, 0.15) is 23.2 Å². The van der Waals surface area contributed by atoms with E-state index in [2.05, 4.69) is 34.9 Å². The summed E-state index contributed by atoms with van der Waals surface area (Å²) < 4.78 is 6.93. The van der Waals surface area contributed by atoms with Gasteiger partial charge in [0.25, 0.3) is 5.91 Å². The van der Waals surface area contributed by atoms with Crippen molar-refractivity contribution in [2.75, 3.05) is 27.2 Å². The number of carbonyl (C=O) groups excluding carboxylic acids is 1. The summed E-state index contributed by atoms with van der Waals surface area (Å²) >= 11 is 3.45. The van der Waals surface area contributed by atoms with Gasteiger partial charge in [-0.3, -0.25) is 4.79 Å². The van der Waals surface area contributed by atoms with E-state index in [0.29, 0.717) is 23.1 Å². The molecule has 5 heteroatoms. The van der Waals surface area contributed by atoms with E-state index in [1.165, 1.54) is 0 Å². The molecule has 1 unspecified atom stereocenters. The van der Waals surface area contributed by atoms with Crippen LogP contribution in [0.15, 0.2) is 53.0 Å². The molecule has 0 bridgehead atoms. The third-order valence-corrected chi connectivity index (χ3v) is 5.05. The van der Waals surface area contributed by atoms with E-state index in [1.807, 2.05) is 53.4 Å². The molecule has 0 N–H and O–H groups in total. The van der Waals surface area contributed by atoms with Gasteiger partial charge in [0.15, 0.2) is 0 Å². The molecule has 2 aromatic carbocycles. The number of para-hydroxylation sites is 1. The van der Waals surface area contributed by atoms with Crippen molar-refractivity contribution in [3.63, 3.8) is 0 Å². The summed E-state index contributed by atoms with van der Waals surface area (Å²) in [6, 6.07) is 15.5. The fourth-order valence-electron chi connectivity index (χ4n) is 3.12. The standard InChI is InChI=1S/C20H23BrN2O2/c1-22(2)16-8-6-12-23(14-16)20(24)18-10-3-4-11-19(18)25-17-9-5-7-15(21)13-17/h3-5,7,9-11,13,16H,6,8,12,14H2,1-2H3. The zero-order valence-corrected chi connectivity index (χ0v) is 16.2. The summed E-state index contributed by atoms with van der Waals surface area (Å²) in [6.07, 6.45) is 2.16. The van der Waals surface area contributed by atoms with Crippen molar-refractivity contribution in [2.45, 2.75) is 18.9 Å². The number of carbonyl (C=O) groups is 1. The fraction of sp³-hybridized carbons (Fsp3) is 0.350. The second-order valence-corrected chi connectivity index (χ2v) is 7.48. The van der Waals surface area contributed by atoms with Gasteiger partial charge in [0.05, 0.1) is 5.56 Å². The van der Waals surface area contributed by atoms with Gasteiger partial charge in [0, 0.05) is 23.6 Å². The summed E-state index contributed by atoms with van der Waals surface area (Å²) in [5.41, 5.74) is 0.613. The molecule has 1 aliphatic heterocycles. The van der Waals surface area contributed by atoms with Crippen molar-refractivity contribution in [3.05, 3.63) is 58.6 Å². The Morgan fingerprint density at radius 1 is 1.20 bits per heavy atom. The van der Waals surface area contributed by atoms with Gasteiger partial charge < -0.3 is 14.5 Å². The Kier molecular flexibility index (Phi) is 5.76. The minimum absolute atomic E-state index is 0.0390. The largest absolute Gasteiger partial charge is 0.456 e. The third kappa shape index (κ3) is 4.41.